The molecular weight excluding hydrogens is 1230 g/mol. The molecule has 0 aliphatic rings. The van der Waals surface area contributed by atoms with E-state index in [2.05, 4.69) is 34.6 Å². The molecule has 19 heteroatoms. The van der Waals surface area contributed by atoms with E-state index < -0.39 is 97.5 Å². The third-order valence-corrected chi connectivity index (χ3v) is 19.4. The first-order chi connectivity index (χ1) is 45.5. The fourth-order valence-electron chi connectivity index (χ4n) is 11.5. The molecule has 3 N–H and O–H groups in total. The molecule has 5 atom stereocenters. The summed E-state index contributed by atoms with van der Waals surface area (Å²) >= 11 is 0. The van der Waals surface area contributed by atoms with Crippen molar-refractivity contribution in [3.05, 3.63) is 0 Å². The third kappa shape index (κ3) is 68.6. The molecule has 0 fully saturated rings. The van der Waals surface area contributed by atoms with Crippen molar-refractivity contribution in [2.45, 2.75) is 412 Å². The molecule has 0 aromatic rings. The number of aliphatic hydroxyl groups excluding tert-OH is 1. The van der Waals surface area contributed by atoms with Gasteiger partial charge in [0, 0.05) is 25.7 Å². The Morgan fingerprint density at radius 1 is 0.287 bits per heavy atom. The van der Waals surface area contributed by atoms with Crippen LogP contribution in [-0.4, -0.2) is 96.7 Å². The smallest absolute Gasteiger partial charge is 0.462 e. The third-order valence-electron chi connectivity index (χ3n) is 17.5. The lowest BCUT2D eigenvalue weighted by molar-refractivity contribution is -0.161. The summed E-state index contributed by atoms with van der Waals surface area (Å²) in [6, 6.07) is 0. The Morgan fingerprint density at radius 3 is 0.723 bits per heavy atom. The van der Waals surface area contributed by atoms with Crippen LogP contribution >= 0.6 is 15.6 Å². The lowest BCUT2D eigenvalue weighted by atomic mass is 10.0. The molecule has 0 radical (unpaired) electrons. The summed E-state index contributed by atoms with van der Waals surface area (Å²) in [6.07, 6.45) is 57.1. The van der Waals surface area contributed by atoms with Gasteiger partial charge in [0.25, 0.3) is 0 Å². The Balaban J connectivity index is 5.18. The van der Waals surface area contributed by atoms with Crippen molar-refractivity contribution in [1.29, 1.82) is 0 Å². The highest BCUT2D eigenvalue weighted by molar-refractivity contribution is 7.47. The van der Waals surface area contributed by atoms with Gasteiger partial charge >= 0.3 is 39.5 Å². The van der Waals surface area contributed by atoms with Crippen LogP contribution in [0.1, 0.15) is 394 Å². The fourth-order valence-corrected chi connectivity index (χ4v) is 13.1. The minimum atomic E-state index is -4.95. The Bertz CT molecular complexity index is 1810. The monoisotopic (exact) mass is 1380 g/mol. The van der Waals surface area contributed by atoms with Gasteiger partial charge in [-0.2, -0.15) is 0 Å². The van der Waals surface area contributed by atoms with Gasteiger partial charge in [-0.25, -0.2) is 9.13 Å². The number of phosphoric acid groups is 2. The molecule has 0 aromatic heterocycles. The summed E-state index contributed by atoms with van der Waals surface area (Å²) in [5, 5.41) is 10.6. The second kappa shape index (κ2) is 68.2. The molecule has 0 saturated carbocycles. The van der Waals surface area contributed by atoms with E-state index in [0.717, 1.165) is 96.3 Å². The molecule has 17 nitrogen and oxygen atoms in total. The topological polar surface area (TPSA) is 237 Å². The SMILES string of the molecule is CCCCCCCCCCCCCCCCCCCCCCCC(=O)O[C@H](COC(=O)CCCCCCCCCCCCCCC)COP(=O)(O)OC[C@@H](O)COP(=O)(O)OC[C@@H](COC(=O)CCCCCCCCC(C)C)OC(=O)CCCCCCCCCCCCC. The number of phosphoric ester groups is 2. The molecule has 0 rings (SSSR count). The molecule has 558 valence electrons. The van der Waals surface area contributed by atoms with E-state index in [1.165, 1.54) is 212 Å². The van der Waals surface area contributed by atoms with Gasteiger partial charge in [0.15, 0.2) is 12.2 Å². The highest BCUT2D eigenvalue weighted by Crippen LogP contribution is 2.45. The molecule has 0 saturated heterocycles. The van der Waals surface area contributed by atoms with Gasteiger partial charge < -0.3 is 33.8 Å². The predicted octanol–water partition coefficient (Wildman–Crippen LogP) is 22.1. The zero-order chi connectivity index (χ0) is 69.1. The zero-order valence-electron chi connectivity index (χ0n) is 61.1. The number of carbonyl (C=O) groups excluding carboxylic acids is 4. The van der Waals surface area contributed by atoms with Crippen LogP contribution < -0.4 is 0 Å². The molecule has 0 aliphatic carbocycles. The first-order valence-corrected chi connectivity index (χ1v) is 42.1. The first kappa shape index (κ1) is 92.1. The lowest BCUT2D eigenvalue weighted by Crippen LogP contribution is -2.30. The number of hydrogen-bond acceptors (Lipinski definition) is 15. The number of esters is 4. The Hall–Kier alpha value is -1.94. The average Bonchev–Trinajstić information content (AvgIpc) is 1.69. The van der Waals surface area contributed by atoms with Crippen molar-refractivity contribution in [2.24, 2.45) is 5.92 Å². The second-order valence-corrected chi connectivity index (χ2v) is 30.4. The van der Waals surface area contributed by atoms with Crippen molar-refractivity contribution >= 4 is 39.5 Å². The van der Waals surface area contributed by atoms with Crippen LogP contribution in [0.4, 0.5) is 0 Å². The van der Waals surface area contributed by atoms with Gasteiger partial charge in [0.1, 0.15) is 19.3 Å². The van der Waals surface area contributed by atoms with Gasteiger partial charge in [-0.3, -0.25) is 37.3 Å². The number of hydrogen-bond donors (Lipinski definition) is 3. The number of aliphatic hydroxyl groups is 1. The summed E-state index contributed by atoms with van der Waals surface area (Å²) in [7, 11) is -9.90. The van der Waals surface area contributed by atoms with Crippen molar-refractivity contribution in [2.75, 3.05) is 39.6 Å². The van der Waals surface area contributed by atoms with Gasteiger partial charge in [0.05, 0.1) is 26.4 Å². The standard InChI is InChI=1S/C75H146O17P2/c1-6-9-12-15-18-21-24-26-27-28-29-30-31-32-33-35-38-41-44-51-56-61-75(80)91-70(64-85-72(77)58-53-48-42-39-37-34-25-22-19-16-13-10-7-2)66-89-93(81,82)87-62-69(76)63-88-94(83,84)90-67-71(65-86-73(78)59-54-49-46-45-47-52-57-68(4)5)92-74(79)60-55-50-43-40-36-23-20-17-14-11-8-3/h68-71,76H,6-67H2,1-5H3,(H,81,82)(H,83,84)/t69-,70-,71-/m1/s1. The van der Waals surface area contributed by atoms with Crippen molar-refractivity contribution < 1.29 is 80.2 Å². The van der Waals surface area contributed by atoms with E-state index in [4.69, 9.17) is 37.0 Å². The zero-order valence-corrected chi connectivity index (χ0v) is 62.9. The summed E-state index contributed by atoms with van der Waals surface area (Å²) in [5.41, 5.74) is 0. The summed E-state index contributed by atoms with van der Waals surface area (Å²) in [6.45, 7) is 7.19. The fraction of sp³-hybridized carbons (Fsp3) is 0.947. The van der Waals surface area contributed by atoms with E-state index in [1.54, 1.807) is 0 Å². The maximum absolute atomic E-state index is 13.1. The van der Waals surface area contributed by atoms with Crippen LogP contribution in [0.25, 0.3) is 0 Å². The Morgan fingerprint density at radius 2 is 0.489 bits per heavy atom. The van der Waals surface area contributed by atoms with E-state index in [0.29, 0.717) is 31.6 Å². The molecule has 0 amide bonds. The van der Waals surface area contributed by atoms with Gasteiger partial charge in [-0.15, -0.1) is 0 Å². The van der Waals surface area contributed by atoms with E-state index in [9.17, 15) is 43.2 Å². The lowest BCUT2D eigenvalue weighted by Gasteiger charge is -2.21. The predicted molar refractivity (Wildman–Crippen MR) is 382 cm³/mol. The van der Waals surface area contributed by atoms with Crippen molar-refractivity contribution in [1.82, 2.24) is 0 Å². The highest BCUT2D eigenvalue weighted by Gasteiger charge is 2.30. The number of ether oxygens (including phenoxy) is 4. The molecule has 0 heterocycles. The van der Waals surface area contributed by atoms with Crippen molar-refractivity contribution in [3.8, 4) is 0 Å². The first-order valence-electron chi connectivity index (χ1n) is 39.1. The van der Waals surface area contributed by atoms with E-state index >= 15 is 0 Å². The maximum Gasteiger partial charge on any atom is 0.472 e. The summed E-state index contributed by atoms with van der Waals surface area (Å²) < 4.78 is 68.4. The average molecular weight is 1380 g/mol. The van der Waals surface area contributed by atoms with Crippen LogP contribution in [0.5, 0.6) is 0 Å². The van der Waals surface area contributed by atoms with Crippen LogP contribution in [0.3, 0.4) is 0 Å². The van der Waals surface area contributed by atoms with Crippen LogP contribution in [-0.2, 0) is 65.4 Å². The molecule has 0 spiro atoms. The molecule has 94 heavy (non-hydrogen) atoms. The molecule has 2 unspecified atom stereocenters. The minimum Gasteiger partial charge on any atom is -0.462 e. The largest absolute Gasteiger partial charge is 0.472 e. The van der Waals surface area contributed by atoms with Crippen molar-refractivity contribution in [3.63, 3.8) is 0 Å². The Labute approximate surface area is 575 Å². The molecule has 0 aliphatic heterocycles. The minimum absolute atomic E-state index is 0.106. The van der Waals surface area contributed by atoms with Crippen LogP contribution in [0.2, 0.25) is 0 Å². The Kier molecular flexibility index (Phi) is 66.8. The summed E-state index contributed by atoms with van der Waals surface area (Å²) in [5.74, 6) is -1.44. The maximum atomic E-state index is 13.1. The normalized spacial score (nSPS) is 14.0. The van der Waals surface area contributed by atoms with Gasteiger partial charge in [0.2, 0.25) is 0 Å². The number of unbranched alkanes of at least 4 members (excludes halogenated alkanes) is 47. The van der Waals surface area contributed by atoms with Gasteiger partial charge in [-0.05, 0) is 31.6 Å². The quantitative estimate of drug-likeness (QED) is 0.0222. The highest BCUT2D eigenvalue weighted by atomic mass is 31.2. The second-order valence-electron chi connectivity index (χ2n) is 27.5. The van der Waals surface area contributed by atoms with E-state index in [1.807, 2.05) is 0 Å². The van der Waals surface area contributed by atoms with Crippen LogP contribution in [0, 0.1) is 5.92 Å². The number of rotatable bonds is 75. The van der Waals surface area contributed by atoms with E-state index in [-0.39, 0.29) is 25.7 Å². The van der Waals surface area contributed by atoms with Gasteiger partial charge in [-0.1, -0.05) is 343 Å². The number of carbonyl (C=O) groups is 4. The summed E-state index contributed by atoms with van der Waals surface area (Å²) in [4.78, 5) is 72.7. The molecule has 0 bridgehead atoms. The molecular formula is C75H146O17P2. The van der Waals surface area contributed by atoms with Crippen LogP contribution in [0.15, 0.2) is 0 Å². The molecule has 0 aromatic carbocycles.